The molecule has 0 unspecified atom stereocenters. The molecule has 0 amide bonds. The molecular weight excluding hydrogens is 911 g/mol. The maximum atomic E-state index is 2.45. The predicted octanol–water partition coefficient (Wildman–Crippen LogP) is 20.9. The highest BCUT2D eigenvalue weighted by molar-refractivity contribution is 7.29. The van der Waals surface area contributed by atoms with Crippen molar-refractivity contribution < 1.29 is 0 Å². The second-order valence-electron chi connectivity index (χ2n) is 18.5. The number of hydrogen-bond acceptors (Lipinski definition) is 5. The van der Waals surface area contributed by atoms with E-state index in [1.165, 1.54) is 135 Å². The molecule has 69 heavy (non-hydrogen) atoms. The van der Waals surface area contributed by atoms with Crippen LogP contribution in [0.4, 0.5) is 17.1 Å². The molecule has 16 rings (SSSR count). The molecule has 4 aromatic heterocycles. The number of rotatable bonds is 4. The summed E-state index contributed by atoms with van der Waals surface area (Å²) in [5.74, 6) is 0. The molecule has 1 nitrogen and oxygen atoms in total. The number of thiophene rings is 4. The normalized spacial score (nSPS) is 12.3. The van der Waals surface area contributed by atoms with Crippen LogP contribution >= 0.6 is 45.3 Å². The lowest BCUT2D eigenvalue weighted by molar-refractivity contribution is 1.29. The van der Waals surface area contributed by atoms with Gasteiger partial charge in [-0.1, -0.05) is 103 Å². The Hall–Kier alpha value is -7.64. The summed E-state index contributed by atoms with van der Waals surface area (Å²) in [6, 6.07) is 80.1. The highest BCUT2D eigenvalue weighted by Crippen LogP contribution is 2.47. The van der Waals surface area contributed by atoms with Crippen LogP contribution < -0.4 is 4.90 Å². The fourth-order valence-corrected chi connectivity index (χ4v) is 15.9. The molecule has 0 radical (unpaired) electrons. The summed E-state index contributed by atoms with van der Waals surface area (Å²) in [5, 5.41) is 20.9. The third kappa shape index (κ3) is 5.92. The Kier molecular flexibility index (Phi) is 8.02. The minimum Gasteiger partial charge on any atom is -0.310 e. The fraction of sp³-hybridized carbons (Fsp3) is 0. The van der Waals surface area contributed by atoms with Crippen molar-refractivity contribution in [3.8, 4) is 11.1 Å². The number of anilines is 3. The van der Waals surface area contributed by atoms with Crippen LogP contribution in [-0.4, -0.2) is 0 Å². The van der Waals surface area contributed by atoms with Gasteiger partial charge in [0.2, 0.25) is 0 Å². The maximum absolute atomic E-state index is 2.45. The molecule has 0 bridgehead atoms. The van der Waals surface area contributed by atoms with Gasteiger partial charge in [0.05, 0.1) is 0 Å². The molecule has 320 valence electrons. The molecule has 0 fully saturated rings. The Labute approximate surface area is 411 Å². The van der Waals surface area contributed by atoms with E-state index in [0.717, 1.165) is 17.1 Å². The van der Waals surface area contributed by atoms with Crippen molar-refractivity contribution in [3.05, 3.63) is 212 Å². The molecule has 0 aliphatic carbocycles. The van der Waals surface area contributed by atoms with Crippen molar-refractivity contribution in [3.63, 3.8) is 0 Å². The van der Waals surface area contributed by atoms with Crippen LogP contribution in [-0.2, 0) is 0 Å². The lowest BCUT2D eigenvalue weighted by Crippen LogP contribution is -2.09. The zero-order valence-electron chi connectivity index (χ0n) is 36.8. The van der Waals surface area contributed by atoms with Crippen molar-refractivity contribution in [2.24, 2.45) is 0 Å². The van der Waals surface area contributed by atoms with Gasteiger partial charge >= 0.3 is 0 Å². The Balaban J connectivity index is 0.829. The van der Waals surface area contributed by atoms with Crippen molar-refractivity contribution >= 4 is 186 Å². The average molecular weight is 946 g/mol. The van der Waals surface area contributed by atoms with Gasteiger partial charge in [-0.3, -0.25) is 0 Å². The van der Waals surface area contributed by atoms with E-state index >= 15 is 0 Å². The van der Waals surface area contributed by atoms with Crippen molar-refractivity contribution in [1.82, 2.24) is 0 Å². The van der Waals surface area contributed by atoms with E-state index in [1.807, 2.05) is 45.3 Å². The van der Waals surface area contributed by atoms with Gasteiger partial charge in [0.15, 0.2) is 0 Å². The van der Waals surface area contributed by atoms with Gasteiger partial charge in [-0.15, -0.1) is 45.3 Å². The first-order chi connectivity index (χ1) is 34.1. The number of benzene rings is 12. The first-order valence-corrected chi connectivity index (χ1v) is 26.6. The smallest absolute Gasteiger partial charge is 0.0468 e. The minimum atomic E-state index is 1.12. The first-order valence-electron chi connectivity index (χ1n) is 23.3. The van der Waals surface area contributed by atoms with Crippen molar-refractivity contribution in [2.75, 3.05) is 4.90 Å². The van der Waals surface area contributed by atoms with Gasteiger partial charge in [0.25, 0.3) is 0 Å². The average Bonchev–Trinajstić information content (AvgIpc) is 4.13. The van der Waals surface area contributed by atoms with Gasteiger partial charge in [-0.2, -0.15) is 0 Å². The molecule has 0 spiro atoms. The second kappa shape index (κ2) is 14.4. The SMILES string of the molecule is c1ccc(-c2ccc(N(c3ccc4cc5c(cc4c3)sc3cc4sc6cc7ccccc7cc6c4cc35)c3ccc4cc5c(cc4c3)sc3cc4sc6cc7ccccc7cc6c4cc35)cc2)cc1. The van der Waals surface area contributed by atoms with Crippen molar-refractivity contribution in [1.29, 1.82) is 0 Å². The zero-order chi connectivity index (χ0) is 44.9. The van der Waals surface area contributed by atoms with Crippen LogP contribution in [0.15, 0.2) is 212 Å². The van der Waals surface area contributed by atoms with E-state index in [9.17, 15) is 0 Å². The molecule has 12 aromatic carbocycles. The van der Waals surface area contributed by atoms with Gasteiger partial charge in [0.1, 0.15) is 0 Å². The molecule has 0 aliphatic rings. The summed E-state index contributed by atoms with van der Waals surface area (Å²) < 4.78 is 10.7. The molecular formula is C64H35NS4. The van der Waals surface area contributed by atoms with Crippen LogP contribution in [0.5, 0.6) is 0 Å². The Morgan fingerprint density at radius 3 is 0.928 bits per heavy atom. The van der Waals surface area contributed by atoms with Crippen LogP contribution in [0.3, 0.4) is 0 Å². The summed E-state index contributed by atoms with van der Waals surface area (Å²) in [7, 11) is 0. The highest BCUT2D eigenvalue weighted by atomic mass is 32.1. The lowest BCUT2D eigenvalue weighted by atomic mass is 10.0. The number of fused-ring (bicyclic) bond motifs is 16. The molecule has 0 aliphatic heterocycles. The number of nitrogens with zero attached hydrogens (tertiary/aromatic N) is 1. The predicted molar refractivity (Wildman–Crippen MR) is 308 cm³/mol. The largest absolute Gasteiger partial charge is 0.310 e. The third-order valence-corrected chi connectivity index (χ3v) is 19.0. The van der Waals surface area contributed by atoms with E-state index < -0.39 is 0 Å². The molecule has 0 saturated carbocycles. The molecule has 0 atom stereocenters. The fourth-order valence-electron chi connectivity index (χ4n) is 11.1. The summed E-state index contributed by atoms with van der Waals surface area (Å²) in [5.41, 5.74) is 5.82. The standard InChI is InChI=1S/C64H35NS4/c1-2-8-36(9-3-1)37-14-18-46(19-15-37)65(47-20-16-42-26-51-55-32-53-49-24-38-10-4-6-12-40(38)28-57(49)66-61(53)34-63(55)68-59(51)30-44(42)22-47)48-21-17-43-27-52-56-33-54-50-25-39-11-5-7-13-41(39)29-58(50)67-62(54)35-64(56)69-60(52)31-45(43)23-48/h1-35H. The zero-order valence-corrected chi connectivity index (χ0v) is 40.1. The summed E-state index contributed by atoms with van der Waals surface area (Å²) in [4.78, 5) is 2.43. The van der Waals surface area contributed by atoms with Gasteiger partial charge in [0, 0.05) is 97.8 Å². The van der Waals surface area contributed by atoms with Gasteiger partial charge < -0.3 is 4.90 Å². The maximum Gasteiger partial charge on any atom is 0.0468 e. The highest BCUT2D eigenvalue weighted by Gasteiger charge is 2.19. The monoisotopic (exact) mass is 945 g/mol. The first kappa shape index (κ1) is 38.3. The Morgan fingerprint density at radius 2 is 0.507 bits per heavy atom. The van der Waals surface area contributed by atoms with Crippen LogP contribution in [0, 0.1) is 0 Å². The van der Waals surface area contributed by atoms with Crippen LogP contribution in [0.25, 0.3) is 135 Å². The second-order valence-corrected chi connectivity index (χ2v) is 22.8. The van der Waals surface area contributed by atoms with E-state index in [-0.39, 0.29) is 0 Å². The van der Waals surface area contributed by atoms with E-state index in [0.29, 0.717) is 0 Å². The Bertz CT molecular complexity index is 4570. The van der Waals surface area contributed by atoms with E-state index in [1.54, 1.807) is 0 Å². The van der Waals surface area contributed by atoms with Gasteiger partial charge in [-0.05, 0) is 163 Å². The molecule has 0 saturated heterocycles. The molecule has 4 heterocycles. The summed E-state index contributed by atoms with van der Waals surface area (Å²) in [6.07, 6.45) is 0. The number of hydrogen-bond donors (Lipinski definition) is 0. The lowest BCUT2D eigenvalue weighted by Gasteiger charge is -2.26. The quantitative estimate of drug-likeness (QED) is 0.170. The topological polar surface area (TPSA) is 3.24 Å². The van der Waals surface area contributed by atoms with E-state index in [2.05, 4.69) is 217 Å². The van der Waals surface area contributed by atoms with Crippen LogP contribution in [0.2, 0.25) is 0 Å². The van der Waals surface area contributed by atoms with Gasteiger partial charge in [-0.25, -0.2) is 0 Å². The van der Waals surface area contributed by atoms with Crippen LogP contribution in [0.1, 0.15) is 0 Å². The molecule has 5 heteroatoms. The Morgan fingerprint density at radius 1 is 0.203 bits per heavy atom. The summed E-state index contributed by atoms with van der Waals surface area (Å²) >= 11 is 7.64. The molecule has 0 N–H and O–H groups in total. The minimum absolute atomic E-state index is 1.12. The third-order valence-electron chi connectivity index (χ3n) is 14.5. The van der Waals surface area contributed by atoms with E-state index in [4.69, 9.17) is 0 Å². The summed E-state index contributed by atoms with van der Waals surface area (Å²) in [6.45, 7) is 0. The van der Waals surface area contributed by atoms with Crippen molar-refractivity contribution in [2.45, 2.75) is 0 Å². The molecule has 16 aromatic rings.